The van der Waals surface area contributed by atoms with Crippen molar-refractivity contribution in [2.75, 3.05) is 13.2 Å². The Bertz CT molecular complexity index is 428. The van der Waals surface area contributed by atoms with Gasteiger partial charge < -0.3 is 4.74 Å². The Balaban J connectivity index is 2.42. The van der Waals surface area contributed by atoms with Gasteiger partial charge in [0.2, 0.25) is 5.91 Å². The van der Waals surface area contributed by atoms with Gasteiger partial charge in [0.05, 0.1) is 19.2 Å². The van der Waals surface area contributed by atoms with Crippen LogP contribution in [0.4, 0.5) is 0 Å². The summed E-state index contributed by atoms with van der Waals surface area (Å²) >= 11 is 0. The molecule has 98 valence electrons. The van der Waals surface area contributed by atoms with Crippen LogP contribution in [0.1, 0.15) is 30.0 Å². The minimum absolute atomic E-state index is 0.135. The molecule has 0 bridgehead atoms. The van der Waals surface area contributed by atoms with E-state index in [4.69, 9.17) is 4.74 Å². The van der Waals surface area contributed by atoms with Crippen LogP contribution in [0.3, 0.4) is 0 Å². The van der Waals surface area contributed by atoms with Gasteiger partial charge in [0.25, 0.3) is 0 Å². The van der Waals surface area contributed by atoms with Crippen LogP contribution in [-0.4, -0.2) is 25.3 Å². The summed E-state index contributed by atoms with van der Waals surface area (Å²) in [6, 6.07) is 6.09. The van der Waals surface area contributed by atoms with Crippen LogP contribution in [0.5, 0.6) is 0 Å². The third kappa shape index (κ3) is 5.10. The van der Waals surface area contributed by atoms with Gasteiger partial charge >= 0.3 is 0 Å². The number of hydrogen-bond acceptors (Lipinski definition) is 3. The van der Waals surface area contributed by atoms with Crippen LogP contribution in [0.2, 0.25) is 0 Å². The maximum Gasteiger partial charge on any atom is 0.242 e. The number of nitrogens with one attached hydrogen (secondary N) is 1. The zero-order chi connectivity index (χ0) is 13.4. The number of aryl methyl sites for hydroxylation is 2. The fraction of sp³-hybridized carbons (Fsp3) is 0.429. The van der Waals surface area contributed by atoms with E-state index in [-0.39, 0.29) is 5.91 Å². The summed E-state index contributed by atoms with van der Waals surface area (Å²) in [7, 11) is 0. The number of ether oxygens (including phenoxy) is 1. The molecule has 0 fully saturated rings. The molecule has 0 aliphatic heterocycles. The molecule has 0 atom stereocenters. The maximum atomic E-state index is 11.3. The summed E-state index contributed by atoms with van der Waals surface area (Å²) in [4.78, 5) is 11.3. The summed E-state index contributed by atoms with van der Waals surface area (Å²) in [5, 5.41) is 3.93. The molecule has 0 aliphatic carbocycles. The SMILES string of the molecule is CCOCCC(=O)N/N=C/c1ccc(C)cc1C. The highest BCUT2D eigenvalue weighted by Gasteiger charge is 1.99. The highest BCUT2D eigenvalue weighted by molar-refractivity contribution is 5.83. The van der Waals surface area contributed by atoms with E-state index in [0.29, 0.717) is 19.6 Å². The fourth-order valence-electron chi connectivity index (χ4n) is 1.51. The Hall–Kier alpha value is -1.68. The molecule has 18 heavy (non-hydrogen) atoms. The van der Waals surface area contributed by atoms with Crippen molar-refractivity contribution >= 4 is 12.1 Å². The van der Waals surface area contributed by atoms with Crippen molar-refractivity contribution in [3.05, 3.63) is 34.9 Å². The Morgan fingerprint density at radius 1 is 1.44 bits per heavy atom. The molecule has 4 heteroatoms. The molecule has 0 saturated heterocycles. The van der Waals surface area contributed by atoms with Crippen LogP contribution in [0.25, 0.3) is 0 Å². The first-order valence-corrected chi connectivity index (χ1v) is 6.10. The molecule has 1 aromatic rings. The average molecular weight is 248 g/mol. The van der Waals surface area contributed by atoms with Gasteiger partial charge in [0.15, 0.2) is 0 Å². The smallest absolute Gasteiger partial charge is 0.242 e. The molecule has 0 radical (unpaired) electrons. The van der Waals surface area contributed by atoms with Gasteiger partial charge in [-0.15, -0.1) is 0 Å². The van der Waals surface area contributed by atoms with E-state index in [1.54, 1.807) is 6.21 Å². The Morgan fingerprint density at radius 2 is 2.22 bits per heavy atom. The highest BCUT2D eigenvalue weighted by Crippen LogP contribution is 2.07. The number of carbonyl (C=O) groups excluding carboxylic acids is 1. The molecule has 1 aromatic carbocycles. The van der Waals surface area contributed by atoms with Crippen molar-refractivity contribution < 1.29 is 9.53 Å². The Labute approximate surface area is 108 Å². The highest BCUT2D eigenvalue weighted by atomic mass is 16.5. The second-order valence-electron chi connectivity index (χ2n) is 4.10. The van der Waals surface area contributed by atoms with Gasteiger partial charge in [-0.05, 0) is 31.9 Å². The van der Waals surface area contributed by atoms with Crippen molar-refractivity contribution in [2.24, 2.45) is 5.10 Å². The molecule has 0 unspecified atom stereocenters. The van der Waals surface area contributed by atoms with Crippen LogP contribution in [-0.2, 0) is 9.53 Å². The second kappa shape index (κ2) is 7.61. The largest absolute Gasteiger partial charge is 0.381 e. The molecule has 0 aliphatic rings. The van der Waals surface area contributed by atoms with Crippen LogP contribution in [0.15, 0.2) is 23.3 Å². The predicted molar refractivity (Wildman–Crippen MR) is 72.8 cm³/mol. The van der Waals surface area contributed by atoms with E-state index in [1.807, 2.05) is 32.9 Å². The molecule has 0 saturated carbocycles. The van der Waals surface area contributed by atoms with Gasteiger partial charge in [-0.3, -0.25) is 4.79 Å². The zero-order valence-corrected chi connectivity index (χ0v) is 11.2. The molecule has 1 rings (SSSR count). The number of hydrazone groups is 1. The molecule has 0 heterocycles. The van der Waals surface area contributed by atoms with Crippen LogP contribution < -0.4 is 5.43 Å². The lowest BCUT2D eigenvalue weighted by Crippen LogP contribution is -2.19. The molecule has 1 amide bonds. The predicted octanol–water partition coefficient (Wildman–Crippen LogP) is 2.18. The van der Waals surface area contributed by atoms with Crippen molar-refractivity contribution in [1.29, 1.82) is 0 Å². The van der Waals surface area contributed by atoms with Crippen molar-refractivity contribution in [1.82, 2.24) is 5.43 Å². The molecular weight excluding hydrogens is 228 g/mol. The number of nitrogens with zero attached hydrogens (tertiary/aromatic N) is 1. The minimum Gasteiger partial charge on any atom is -0.381 e. The van der Waals surface area contributed by atoms with E-state index in [2.05, 4.69) is 16.6 Å². The van der Waals surface area contributed by atoms with Crippen LogP contribution in [0, 0.1) is 13.8 Å². The molecular formula is C14H20N2O2. The first-order chi connectivity index (χ1) is 8.63. The zero-order valence-electron chi connectivity index (χ0n) is 11.2. The Morgan fingerprint density at radius 3 is 2.89 bits per heavy atom. The van der Waals surface area contributed by atoms with Gasteiger partial charge in [0.1, 0.15) is 0 Å². The lowest BCUT2D eigenvalue weighted by Gasteiger charge is -2.02. The number of hydrogen-bond donors (Lipinski definition) is 1. The third-order valence-electron chi connectivity index (χ3n) is 2.50. The van der Waals surface area contributed by atoms with Gasteiger partial charge in [-0.2, -0.15) is 5.10 Å². The van der Waals surface area contributed by atoms with E-state index >= 15 is 0 Å². The second-order valence-corrected chi connectivity index (χ2v) is 4.10. The molecule has 1 N–H and O–H groups in total. The molecule has 0 spiro atoms. The molecule has 0 aromatic heterocycles. The maximum absolute atomic E-state index is 11.3. The topological polar surface area (TPSA) is 50.7 Å². The van der Waals surface area contributed by atoms with Crippen molar-refractivity contribution in [3.63, 3.8) is 0 Å². The minimum atomic E-state index is -0.135. The monoisotopic (exact) mass is 248 g/mol. The number of rotatable bonds is 6. The first-order valence-electron chi connectivity index (χ1n) is 6.10. The van der Waals surface area contributed by atoms with E-state index in [1.165, 1.54) is 5.56 Å². The van der Waals surface area contributed by atoms with E-state index in [9.17, 15) is 4.79 Å². The summed E-state index contributed by atoms with van der Waals surface area (Å²) in [5.74, 6) is -0.135. The molecule has 4 nitrogen and oxygen atoms in total. The third-order valence-corrected chi connectivity index (χ3v) is 2.50. The standard InChI is InChI=1S/C14H20N2O2/c1-4-18-8-7-14(17)16-15-10-13-6-5-11(2)9-12(13)3/h5-6,9-10H,4,7-8H2,1-3H3,(H,16,17)/b15-10+. The van der Waals surface area contributed by atoms with Crippen LogP contribution >= 0.6 is 0 Å². The number of carbonyl (C=O) groups is 1. The summed E-state index contributed by atoms with van der Waals surface area (Å²) in [6.45, 7) is 7.02. The Kier molecular flexibility index (Phi) is 6.08. The quantitative estimate of drug-likeness (QED) is 0.476. The number of benzene rings is 1. The normalized spacial score (nSPS) is 10.8. The van der Waals surface area contributed by atoms with Crippen molar-refractivity contribution in [2.45, 2.75) is 27.2 Å². The van der Waals surface area contributed by atoms with Gasteiger partial charge in [0, 0.05) is 6.61 Å². The lowest BCUT2D eigenvalue weighted by molar-refractivity contribution is -0.122. The van der Waals surface area contributed by atoms with Crippen molar-refractivity contribution in [3.8, 4) is 0 Å². The van der Waals surface area contributed by atoms with E-state index in [0.717, 1.165) is 11.1 Å². The average Bonchev–Trinajstić information content (AvgIpc) is 2.32. The fourth-order valence-corrected chi connectivity index (χ4v) is 1.51. The summed E-state index contributed by atoms with van der Waals surface area (Å²) < 4.78 is 5.09. The number of amides is 1. The van der Waals surface area contributed by atoms with Gasteiger partial charge in [-0.25, -0.2) is 5.43 Å². The lowest BCUT2D eigenvalue weighted by atomic mass is 10.1. The van der Waals surface area contributed by atoms with Gasteiger partial charge in [-0.1, -0.05) is 23.8 Å². The van der Waals surface area contributed by atoms with E-state index < -0.39 is 0 Å². The first kappa shape index (κ1) is 14.4. The summed E-state index contributed by atoms with van der Waals surface area (Å²) in [6.07, 6.45) is 1.99. The summed E-state index contributed by atoms with van der Waals surface area (Å²) in [5.41, 5.74) is 5.84.